The van der Waals surface area contributed by atoms with Gasteiger partial charge in [-0.1, -0.05) is 140 Å². The van der Waals surface area contributed by atoms with Gasteiger partial charge in [0.1, 0.15) is 0 Å². The summed E-state index contributed by atoms with van der Waals surface area (Å²) in [5.74, 6) is 0. The van der Waals surface area contributed by atoms with E-state index in [1.54, 1.807) is 18.2 Å². The average molecular weight is 730 g/mol. The van der Waals surface area contributed by atoms with Crippen LogP contribution in [0.25, 0.3) is 88.4 Å². The minimum atomic E-state index is -4.64. The fraction of sp³-hybridized carbons (Fsp3) is 0.0200. The van der Waals surface area contributed by atoms with Crippen LogP contribution in [0.4, 0.5) is 13.2 Å². The summed E-state index contributed by atoms with van der Waals surface area (Å²) in [5.41, 5.74) is 8.51. The molecule has 0 saturated heterocycles. The van der Waals surface area contributed by atoms with Crippen molar-refractivity contribution in [3.63, 3.8) is 0 Å². The maximum atomic E-state index is 14.7. The fourth-order valence-corrected chi connectivity index (χ4v) is 8.30. The highest BCUT2D eigenvalue weighted by molar-refractivity contribution is 6.13. The van der Waals surface area contributed by atoms with Gasteiger partial charge in [0.05, 0.1) is 50.6 Å². The van der Waals surface area contributed by atoms with Crippen molar-refractivity contribution in [1.29, 1.82) is 5.26 Å². The van der Waals surface area contributed by atoms with Crippen LogP contribution in [-0.4, -0.2) is 9.13 Å². The third kappa shape index (κ3) is 5.28. The first-order chi connectivity index (χ1) is 27.4. The van der Waals surface area contributed by atoms with Crippen LogP contribution in [-0.2, 0) is 6.18 Å². The van der Waals surface area contributed by atoms with Crippen LogP contribution >= 0.6 is 0 Å². The molecule has 0 aliphatic carbocycles. The van der Waals surface area contributed by atoms with Gasteiger partial charge in [-0.05, 0) is 70.3 Å². The quantitative estimate of drug-likeness (QED) is 0.174. The van der Waals surface area contributed by atoms with Crippen LogP contribution in [0.2, 0.25) is 0 Å². The summed E-state index contributed by atoms with van der Waals surface area (Å²) >= 11 is 0. The molecule has 0 atom stereocenters. The summed E-state index contributed by atoms with van der Waals surface area (Å²) in [6, 6.07) is 60.6. The smallest absolute Gasteiger partial charge is 0.307 e. The molecule has 0 spiro atoms. The molecule has 0 fully saturated rings. The summed E-state index contributed by atoms with van der Waals surface area (Å²) in [4.78, 5) is 0. The van der Waals surface area contributed by atoms with Crippen LogP contribution in [0.5, 0.6) is 0 Å². The van der Waals surface area contributed by atoms with Crippen molar-refractivity contribution in [3.05, 3.63) is 193 Å². The lowest BCUT2D eigenvalue weighted by Gasteiger charge is -2.21. The average Bonchev–Trinajstić information content (AvgIpc) is 3.75. The largest absolute Gasteiger partial charge is 0.417 e. The van der Waals surface area contributed by atoms with Crippen molar-refractivity contribution in [2.45, 2.75) is 6.18 Å². The molecule has 8 aromatic carbocycles. The molecule has 0 radical (unpaired) electrons. The number of rotatable bonds is 5. The van der Waals surface area contributed by atoms with E-state index >= 15 is 0 Å². The first-order valence-electron chi connectivity index (χ1n) is 18.3. The standard InChI is InChI=1S/C50H30F3N3/c51-50(52,53)43-20-10-7-17-37(43)42-30-49(56-45-22-12-9-19-39(45)41-26-24-35(28-47(41)56)33-15-5-2-6-16-33)48(29-36(42)31-54)55-44-21-11-8-18-38(44)40-25-23-34(27-46(40)55)32-13-3-1-4-14-32/h1-30H. The highest BCUT2D eigenvalue weighted by Gasteiger charge is 2.34. The summed E-state index contributed by atoms with van der Waals surface area (Å²) in [5, 5.41) is 14.8. The highest BCUT2D eigenvalue weighted by Crippen LogP contribution is 2.44. The number of fused-ring (bicyclic) bond motifs is 6. The third-order valence-corrected chi connectivity index (χ3v) is 10.8. The molecular formula is C50H30F3N3. The molecule has 6 heteroatoms. The predicted molar refractivity (Wildman–Crippen MR) is 221 cm³/mol. The Morgan fingerprint density at radius 2 is 0.839 bits per heavy atom. The van der Waals surface area contributed by atoms with E-state index in [0.29, 0.717) is 11.4 Å². The molecule has 10 aromatic rings. The highest BCUT2D eigenvalue weighted by atomic mass is 19.4. The molecule has 0 unspecified atom stereocenters. The van der Waals surface area contributed by atoms with Crippen molar-refractivity contribution >= 4 is 43.6 Å². The lowest BCUT2D eigenvalue weighted by Crippen LogP contribution is -2.09. The van der Waals surface area contributed by atoms with Gasteiger partial charge in [0.25, 0.3) is 0 Å². The van der Waals surface area contributed by atoms with Gasteiger partial charge in [-0.3, -0.25) is 0 Å². The Morgan fingerprint density at radius 3 is 1.36 bits per heavy atom. The van der Waals surface area contributed by atoms with E-state index in [2.05, 4.69) is 94.1 Å². The third-order valence-electron chi connectivity index (χ3n) is 10.8. The van der Waals surface area contributed by atoms with E-state index in [-0.39, 0.29) is 16.7 Å². The molecule has 0 bridgehead atoms. The Bertz CT molecular complexity index is 3180. The summed E-state index contributed by atoms with van der Waals surface area (Å²) in [6.07, 6.45) is -4.64. The van der Waals surface area contributed by atoms with E-state index < -0.39 is 11.7 Å². The number of hydrogen-bond donors (Lipinski definition) is 0. The number of benzene rings is 8. The van der Waals surface area contributed by atoms with Crippen molar-refractivity contribution in [2.24, 2.45) is 0 Å². The second kappa shape index (κ2) is 12.9. The number of nitriles is 1. The zero-order valence-electron chi connectivity index (χ0n) is 29.8. The molecule has 0 N–H and O–H groups in total. The van der Waals surface area contributed by atoms with E-state index in [4.69, 9.17) is 0 Å². The lowest BCUT2D eigenvalue weighted by molar-refractivity contribution is -0.137. The molecule has 2 aromatic heterocycles. The number of aromatic nitrogens is 2. The van der Waals surface area contributed by atoms with Gasteiger partial charge in [-0.2, -0.15) is 18.4 Å². The first-order valence-corrected chi connectivity index (χ1v) is 18.3. The van der Waals surface area contributed by atoms with Crippen LogP contribution in [0.3, 0.4) is 0 Å². The SMILES string of the molecule is N#Cc1cc(-n2c3ccccc3c3ccc(-c4ccccc4)cc32)c(-n2c3ccccc3c3ccc(-c4ccccc4)cc32)cc1-c1ccccc1C(F)(F)F. The van der Waals surface area contributed by atoms with Crippen LogP contribution in [0.1, 0.15) is 11.1 Å². The van der Waals surface area contributed by atoms with Crippen LogP contribution < -0.4 is 0 Å². The Kier molecular flexibility index (Phi) is 7.65. The van der Waals surface area contributed by atoms with Crippen LogP contribution in [0, 0.1) is 11.3 Å². The maximum absolute atomic E-state index is 14.7. The van der Waals surface area contributed by atoms with Gasteiger partial charge in [-0.25, -0.2) is 0 Å². The minimum absolute atomic E-state index is 0.0522. The van der Waals surface area contributed by atoms with Crippen molar-refractivity contribution < 1.29 is 13.2 Å². The molecular weight excluding hydrogens is 700 g/mol. The Morgan fingerprint density at radius 1 is 0.393 bits per heavy atom. The number of para-hydroxylation sites is 2. The number of alkyl halides is 3. The first kappa shape index (κ1) is 33.2. The predicted octanol–water partition coefficient (Wildman–Crippen LogP) is 13.8. The second-order valence-electron chi connectivity index (χ2n) is 13.9. The van der Waals surface area contributed by atoms with Gasteiger partial charge in [0.2, 0.25) is 0 Å². The van der Waals surface area contributed by atoms with Crippen molar-refractivity contribution in [3.8, 4) is 50.8 Å². The maximum Gasteiger partial charge on any atom is 0.417 e. The molecule has 0 aliphatic heterocycles. The normalized spacial score (nSPS) is 11.8. The number of nitrogens with zero attached hydrogens (tertiary/aromatic N) is 3. The van der Waals surface area contributed by atoms with Crippen molar-refractivity contribution in [1.82, 2.24) is 9.13 Å². The Labute approximate surface area is 320 Å². The van der Waals surface area contributed by atoms with Gasteiger partial charge >= 0.3 is 6.18 Å². The topological polar surface area (TPSA) is 33.6 Å². The van der Waals surface area contributed by atoms with E-state index in [1.807, 2.05) is 66.7 Å². The van der Waals surface area contributed by atoms with Crippen LogP contribution in [0.15, 0.2) is 182 Å². The molecule has 10 rings (SSSR count). The Balaban J connectivity index is 1.38. The molecule has 56 heavy (non-hydrogen) atoms. The summed E-state index contributed by atoms with van der Waals surface area (Å²) in [6.45, 7) is 0. The zero-order valence-corrected chi connectivity index (χ0v) is 29.8. The zero-order chi connectivity index (χ0) is 38.0. The van der Waals surface area contributed by atoms with E-state index in [1.165, 1.54) is 12.1 Å². The summed E-state index contributed by atoms with van der Waals surface area (Å²) in [7, 11) is 0. The molecule has 3 nitrogen and oxygen atoms in total. The van der Waals surface area contributed by atoms with Gasteiger partial charge in [0, 0.05) is 27.1 Å². The molecule has 0 aliphatic rings. The van der Waals surface area contributed by atoms with Gasteiger partial charge in [-0.15, -0.1) is 0 Å². The molecule has 2 heterocycles. The fourth-order valence-electron chi connectivity index (χ4n) is 8.30. The van der Waals surface area contributed by atoms with Gasteiger partial charge < -0.3 is 9.13 Å². The van der Waals surface area contributed by atoms with E-state index in [0.717, 1.165) is 71.9 Å². The van der Waals surface area contributed by atoms with Crippen molar-refractivity contribution in [2.75, 3.05) is 0 Å². The molecule has 0 saturated carbocycles. The number of halogens is 3. The molecule has 266 valence electrons. The Hall–Kier alpha value is -7.36. The monoisotopic (exact) mass is 729 g/mol. The van der Waals surface area contributed by atoms with E-state index in [9.17, 15) is 18.4 Å². The minimum Gasteiger partial charge on any atom is -0.307 e. The molecule has 0 amide bonds. The lowest BCUT2D eigenvalue weighted by atomic mass is 9.94. The number of hydrogen-bond acceptors (Lipinski definition) is 1. The second-order valence-corrected chi connectivity index (χ2v) is 13.9. The summed E-state index contributed by atoms with van der Waals surface area (Å²) < 4.78 is 48.4. The van der Waals surface area contributed by atoms with Gasteiger partial charge in [0.15, 0.2) is 0 Å².